The van der Waals surface area contributed by atoms with E-state index in [-0.39, 0.29) is 23.8 Å². The zero-order chi connectivity index (χ0) is 12.2. The van der Waals surface area contributed by atoms with Crippen LogP contribution in [-0.2, 0) is 14.8 Å². The van der Waals surface area contributed by atoms with Crippen molar-refractivity contribution in [1.29, 1.82) is 0 Å². The second-order valence-electron chi connectivity index (χ2n) is 4.52. The van der Waals surface area contributed by atoms with Crippen LogP contribution in [-0.4, -0.2) is 38.8 Å². The van der Waals surface area contributed by atoms with Crippen molar-refractivity contribution in [3.63, 3.8) is 0 Å². The van der Waals surface area contributed by atoms with E-state index in [1.54, 1.807) is 0 Å². The molecule has 0 atom stereocenters. The van der Waals surface area contributed by atoms with Crippen molar-refractivity contribution in [3.05, 3.63) is 0 Å². The summed E-state index contributed by atoms with van der Waals surface area (Å²) in [5.74, 6) is 0.436. The molecule has 4 nitrogen and oxygen atoms in total. The standard InChI is InChI=1S/C10H20ClNO3S/c1-8(2)15-3-4-16(13,14)12-7-9-5-10(11)6-9/h8-10,12H,3-7H2,1-2H3. The van der Waals surface area contributed by atoms with Gasteiger partial charge in [-0.25, -0.2) is 13.1 Å². The second-order valence-corrected chi connectivity index (χ2v) is 7.07. The summed E-state index contributed by atoms with van der Waals surface area (Å²) in [4.78, 5) is 0. The Morgan fingerprint density at radius 2 is 2.06 bits per heavy atom. The normalized spacial score (nSPS) is 25.8. The Labute approximate surface area is 103 Å². The lowest BCUT2D eigenvalue weighted by Gasteiger charge is -2.30. The summed E-state index contributed by atoms with van der Waals surface area (Å²) in [6.07, 6.45) is 1.89. The maximum absolute atomic E-state index is 11.5. The molecular weight excluding hydrogens is 250 g/mol. The van der Waals surface area contributed by atoms with Crippen molar-refractivity contribution in [2.45, 2.75) is 38.2 Å². The molecule has 0 amide bonds. The fourth-order valence-corrected chi connectivity index (χ4v) is 2.99. The second kappa shape index (κ2) is 6.19. The SMILES string of the molecule is CC(C)OCCS(=O)(=O)NCC1CC(Cl)C1. The van der Waals surface area contributed by atoms with E-state index in [0.717, 1.165) is 12.8 Å². The van der Waals surface area contributed by atoms with E-state index in [2.05, 4.69) is 4.72 Å². The van der Waals surface area contributed by atoms with Gasteiger partial charge in [0, 0.05) is 11.9 Å². The van der Waals surface area contributed by atoms with Crippen LogP contribution in [0, 0.1) is 5.92 Å². The van der Waals surface area contributed by atoms with E-state index in [1.165, 1.54) is 0 Å². The topological polar surface area (TPSA) is 55.4 Å². The molecule has 96 valence electrons. The summed E-state index contributed by atoms with van der Waals surface area (Å²) in [5, 5.41) is 0.235. The molecule has 1 fully saturated rings. The van der Waals surface area contributed by atoms with E-state index >= 15 is 0 Å². The fourth-order valence-electron chi connectivity index (χ4n) is 1.53. The Balaban J connectivity index is 2.14. The minimum absolute atomic E-state index is 0.0300. The Bertz CT molecular complexity index is 299. The Hall–Kier alpha value is 0.160. The predicted octanol–water partition coefficient (Wildman–Crippen LogP) is 1.35. The Morgan fingerprint density at radius 1 is 1.44 bits per heavy atom. The third-order valence-corrected chi connectivity index (χ3v) is 4.24. The van der Waals surface area contributed by atoms with Gasteiger partial charge in [-0.1, -0.05) is 0 Å². The molecule has 0 aromatic heterocycles. The molecule has 0 heterocycles. The van der Waals surface area contributed by atoms with E-state index in [9.17, 15) is 8.42 Å². The number of ether oxygens (including phenoxy) is 1. The van der Waals surface area contributed by atoms with Crippen LogP contribution in [0.15, 0.2) is 0 Å². The van der Waals surface area contributed by atoms with Gasteiger partial charge in [-0.2, -0.15) is 0 Å². The minimum atomic E-state index is -3.18. The van der Waals surface area contributed by atoms with Crippen LogP contribution in [0.3, 0.4) is 0 Å². The molecular formula is C10H20ClNO3S. The average Bonchev–Trinajstić information content (AvgIpc) is 2.09. The highest BCUT2D eigenvalue weighted by atomic mass is 35.5. The van der Waals surface area contributed by atoms with E-state index in [0.29, 0.717) is 12.5 Å². The molecule has 0 radical (unpaired) electrons. The van der Waals surface area contributed by atoms with Crippen molar-refractivity contribution < 1.29 is 13.2 Å². The number of nitrogens with one attached hydrogen (secondary N) is 1. The first kappa shape index (κ1) is 14.2. The number of rotatable bonds is 7. The van der Waals surface area contributed by atoms with Gasteiger partial charge in [0.1, 0.15) is 0 Å². The maximum Gasteiger partial charge on any atom is 0.213 e. The molecule has 6 heteroatoms. The summed E-state index contributed by atoms with van der Waals surface area (Å²) in [5.41, 5.74) is 0. The van der Waals surface area contributed by atoms with Crippen LogP contribution < -0.4 is 4.72 Å². The average molecular weight is 270 g/mol. The molecule has 1 aliphatic carbocycles. The monoisotopic (exact) mass is 269 g/mol. The molecule has 0 spiro atoms. The first-order chi connectivity index (χ1) is 7.39. The van der Waals surface area contributed by atoms with Crippen LogP contribution in [0.5, 0.6) is 0 Å². The van der Waals surface area contributed by atoms with Gasteiger partial charge in [0.05, 0.1) is 18.5 Å². The molecule has 0 aromatic rings. The van der Waals surface area contributed by atoms with E-state index in [4.69, 9.17) is 16.3 Å². The number of sulfonamides is 1. The first-order valence-corrected chi connectivity index (χ1v) is 7.71. The summed E-state index contributed by atoms with van der Waals surface area (Å²) >= 11 is 5.81. The highest BCUT2D eigenvalue weighted by Gasteiger charge is 2.28. The van der Waals surface area contributed by atoms with Gasteiger partial charge in [-0.15, -0.1) is 11.6 Å². The van der Waals surface area contributed by atoms with Crippen LogP contribution >= 0.6 is 11.6 Å². The van der Waals surface area contributed by atoms with Crippen molar-refractivity contribution in [2.75, 3.05) is 18.9 Å². The molecule has 0 saturated heterocycles. The number of alkyl halides is 1. The molecule has 1 rings (SSSR count). The smallest absolute Gasteiger partial charge is 0.213 e. The van der Waals surface area contributed by atoms with Gasteiger partial charge in [-0.3, -0.25) is 0 Å². The van der Waals surface area contributed by atoms with Gasteiger partial charge in [-0.05, 0) is 32.6 Å². The Kier molecular flexibility index (Phi) is 5.50. The van der Waals surface area contributed by atoms with E-state index < -0.39 is 10.0 Å². The summed E-state index contributed by atoms with van der Waals surface area (Å²) in [6, 6.07) is 0. The van der Waals surface area contributed by atoms with Crippen LogP contribution in [0.1, 0.15) is 26.7 Å². The molecule has 1 saturated carbocycles. The molecule has 0 unspecified atom stereocenters. The van der Waals surface area contributed by atoms with Crippen molar-refractivity contribution in [3.8, 4) is 0 Å². The molecule has 1 aliphatic rings. The third-order valence-electron chi connectivity index (χ3n) is 2.57. The molecule has 0 aromatic carbocycles. The van der Waals surface area contributed by atoms with Gasteiger partial charge in [0.15, 0.2) is 0 Å². The zero-order valence-electron chi connectivity index (χ0n) is 9.78. The van der Waals surface area contributed by atoms with Gasteiger partial charge < -0.3 is 4.74 Å². The molecule has 0 bridgehead atoms. The summed E-state index contributed by atoms with van der Waals surface area (Å²) in [7, 11) is -3.18. The summed E-state index contributed by atoms with van der Waals surface area (Å²) < 4.78 is 30.8. The van der Waals surface area contributed by atoms with Crippen LogP contribution in [0.25, 0.3) is 0 Å². The largest absolute Gasteiger partial charge is 0.378 e. The number of hydrogen-bond acceptors (Lipinski definition) is 3. The molecule has 1 N–H and O–H groups in total. The summed E-state index contributed by atoms with van der Waals surface area (Å²) in [6.45, 7) is 4.52. The quantitative estimate of drug-likeness (QED) is 0.710. The maximum atomic E-state index is 11.5. The van der Waals surface area contributed by atoms with Crippen molar-refractivity contribution >= 4 is 21.6 Å². The van der Waals surface area contributed by atoms with Crippen molar-refractivity contribution in [2.24, 2.45) is 5.92 Å². The van der Waals surface area contributed by atoms with Gasteiger partial charge in [0.25, 0.3) is 0 Å². The fraction of sp³-hybridized carbons (Fsp3) is 1.00. The predicted molar refractivity (Wildman–Crippen MR) is 65.2 cm³/mol. The van der Waals surface area contributed by atoms with Crippen LogP contribution in [0.2, 0.25) is 0 Å². The van der Waals surface area contributed by atoms with Crippen LogP contribution in [0.4, 0.5) is 0 Å². The van der Waals surface area contributed by atoms with Crippen molar-refractivity contribution in [1.82, 2.24) is 4.72 Å². The lowest BCUT2D eigenvalue weighted by Crippen LogP contribution is -2.38. The molecule has 16 heavy (non-hydrogen) atoms. The zero-order valence-corrected chi connectivity index (χ0v) is 11.4. The first-order valence-electron chi connectivity index (χ1n) is 5.62. The lowest BCUT2D eigenvalue weighted by atomic mass is 9.85. The third kappa shape index (κ3) is 5.48. The highest BCUT2D eigenvalue weighted by Crippen LogP contribution is 2.31. The molecule has 0 aliphatic heterocycles. The number of halogens is 1. The number of hydrogen-bond donors (Lipinski definition) is 1. The Morgan fingerprint density at radius 3 is 2.56 bits per heavy atom. The lowest BCUT2D eigenvalue weighted by molar-refractivity contribution is 0.0911. The van der Waals surface area contributed by atoms with E-state index in [1.807, 2.05) is 13.8 Å². The highest BCUT2D eigenvalue weighted by molar-refractivity contribution is 7.89. The minimum Gasteiger partial charge on any atom is -0.378 e. The van der Waals surface area contributed by atoms with Gasteiger partial charge >= 0.3 is 0 Å². The van der Waals surface area contributed by atoms with Gasteiger partial charge in [0.2, 0.25) is 10.0 Å².